The Balaban J connectivity index is 2.99. The Morgan fingerprint density at radius 3 is 2.56 bits per heavy atom. The van der Waals surface area contributed by atoms with Gasteiger partial charge in [0.1, 0.15) is 10.8 Å². The van der Waals surface area contributed by atoms with E-state index in [0.717, 1.165) is 6.07 Å². The molecule has 0 saturated heterocycles. The van der Waals surface area contributed by atoms with Gasteiger partial charge in [0.25, 0.3) is 10.2 Å². The first kappa shape index (κ1) is 14.8. The summed E-state index contributed by atoms with van der Waals surface area (Å²) in [5, 5.41) is 0. The number of anilines is 1. The van der Waals surface area contributed by atoms with E-state index in [9.17, 15) is 12.8 Å². The lowest BCUT2D eigenvalue weighted by atomic mass is 10.2. The summed E-state index contributed by atoms with van der Waals surface area (Å²) >= 11 is 4.67. The molecule has 1 aromatic rings. The quantitative estimate of drug-likeness (QED) is 0.710. The molecular formula is C10H14FN3O2S2. The standard InChI is InChI=1S/C10H14FN3O2S2/c1-6(2)13-18(15,16)14-7-3-4-9(11)8(5-7)10(12)17/h3-6,13-14H,1-2H3,(H2,12,17). The number of benzene rings is 1. The van der Waals surface area contributed by atoms with Gasteiger partial charge in [0.15, 0.2) is 0 Å². The number of thiocarbonyl (C=S) groups is 1. The molecule has 0 saturated carbocycles. The number of rotatable bonds is 5. The molecule has 5 nitrogen and oxygen atoms in total. The van der Waals surface area contributed by atoms with Crippen LogP contribution in [0.1, 0.15) is 19.4 Å². The molecule has 0 fully saturated rings. The summed E-state index contributed by atoms with van der Waals surface area (Å²) in [6.45, 7) is 3.37. The highest BCUT2D eigenvalue weighted by Gasteiger charge is 2.13. The first-order chi connectivity index (χ1) is 8.21. The van der Waals surface area contributed by atoms with E-state index in [1.54, 1.807) is 13.8 Å². The average Bonchev–Trinajstić information content (AvgIpc) is 2.18. The molecule has 0 radical (unpaired) electrons. The first-order valence-corrected chi connectivity index (χ1v) is 7.00. The van der Waals surface area contributed by atoms with Gasteiger partial charge in [-0.25, -0.2) is 4.39 Å². The Labute approximate surface area is 111 Å². The molecule has 4 N–H and O–H groups in total. The van der Waals surface area contributed by atoms with E-state index in [1.807, 2.05) is 0 Å². The Kier molecular flexibility index (Phi) is 4.60. The molecule has 1 rings (SSSR count). The van der Waals surface area contributed by atoms with Crippen molar-refractivity contribution in [3.63, 3.8) is 0 Å². The lowest BCUT2D eigenvalue weighted by Gasteiger charge is -2.12. The van der Waals surface area contributed by atoms with Crippen LogP contribution < -0.4 is 15.2 Å². The molecule has 0 unspecified atom stereocenters. The molecule has 18 heavy (non-hydrogen) atoms. The minimum atomic E-state index is -3.70. The first-order valence-electron chi connectivity index (χ1n) is 5.10. The molecule has 0 spiro atoms. The fraction of sp³-hybridized carbons (Fsp3) is 0.300. The topological polar surface area (TPSA) is 84.2 Å². The van der Waals surface area contributed by atoms with Gasteiger partial charge < -0.3 is 5.73 Å². The van der Waals surface area contributed by atoms with Gasteiger partial charge in [-0.05, 0) is 32.0 Å². The maximum atomic E-state index is 13.3. The summed E-state index contributed by atoms with van der Waals surface area (Å²) in [5.74, 6) is -0.595. The van der Waals surface area contributed by atoms with Crippen LogP contribution in [0.4, 0.5) is 10.1 Å². The number of hydrogen-bond acceptors (Lipinski definition) is 3. The number of halogens is 1. The van der Waals surface area contributed by atoms with Crippen LogP contribution in [-0.2, 0) is 10.2 Å². The second kappa shape index (κ2) is 5.59. The van der Waals surface area contributed by atoms with Gasteiger partial charge in [0, 0.05) is 11.6 Å². The lowest BCUT2D eigenvalue weighted by Crippen LogP contribution is -2.35. The summed E-state index contributed by atoms with van der Waals surface area (Å²) in [6, 6.07) is 3.38. The minimum Gasteiger partial charge on any atom is -0.389 e. The third-order valence-electron chi connectivity index (χ3n) is 1.87. The fourth-order valence-electron chi connectivity index (χ4n) is 1.27. The largest absolute Gasteiger partial charge is 0.389 e. The van der Waals surface area contributed by atoms with Crippen LogP contribution in [-0.4, -0.2) is 19.4 Å². The van der Waals surface area contributed by atoms with Crippen molar-refractivity contribution < 1.29 is 12.8 Å². The van der Waals surface area contributed by atoms with Crippen molar-refractivity contribution in [3.05, 3.63) is 29.6 Å². The van der Waals surface area contributed by atoms with E-state index < -0.39 is 16.0 Å². The van der Waals surface area contributed by atoms with E-state index in [4.69, 9.17) is 5.73 Å². The monoisotopic (exact) mass is 291 g/mol. The van der Waals surface area contributed by atoms with Gasteiger partial charge in [-0.15, -0.1) is 0 Å². The predicted octanol–water partition coefficient (Wildman–Crippen LogP) is 1.11. The van der Waals surface area contributed by atoms with Crippen LogP contribution >= 0.6 is 12.2 Å². The van der Waals surface area contributed by atoms with E-state index in [-0.39, 0.29) is 22.3 Å². The fourth-order valence-corrected chi connectivity index (χ4v) is 2.55. The molecule has 0 aliphatic rings. The maximum absolute atomic E-state index is 13.3. The van der Waals surface area contributed by atoms with E-state index in [2.05, 4.69) is 21.7 Å². The molecule has 0 aliphatic heterocycles. The predicted molar refractivity (Wildman–Crippen MR) is 73.1 cm³/mol. The van der Waals surface area contributed by atoms with Crippen molar-refractivity contribution >= 4 is 33.1 Å². The maximum Gasteiger partial charge on any atom is 0.299 e. The number of nitrogens with one attached hydrogen (secondary N) is 2. The molecule has 0 bridgehead atoms. The molecule has 0 aliphatic carbocycles. The molecule has 8 heteroatoms. The Hall–Kier alpha value is -1.25. The minimum absolute atomic E-state index is 0.00486. The second-order valence-electron chi connectivity index (χ2n) is 3.94. The van der Waals surface area contributed by atoms with Gasteiger partial charge >= 0.3 is 0 Å². The Morgan fingerprint density at radius 1 is 1.44 bits per heavy atom. The van der Waals surface area contributed by atoms with Crippen molar-refractivity contribution in [2.24, 2.45) is 5.73 Å². The second-order valence-corrected chi connectivity index (χ2v) is 5.82. The van der Waals surface area contributed by atoms with Crippen LogP contribution in [0.5, 0.6) is 0 Å². The van der Waals surface area contributed by atoms with Crippen molar-refractivity contribution in [2.75, 3.05) is 4.72 Å². The van der Waals surface area contributed by atoms with E-state index >= 15 is 0 Å². The molecular weight excluding hydrogens is 277 g/mol. The number of nitrogens with two attached hydrogens (primary N) is 1. The highest BCUT2D eigenvalue weighted by molar-refractivity contribution is 7.90. The van der Waals surface area contributed by atoms with Crippen LogP contribution in [0.15, 0.2) is 18.2 Å². The molecule has 1 aromatic carbocycles. The molecule has 0 heterocycles. The van der Waals surface area contributed by atoms with E-state index in [0.29, 0.717) is 0 Å². The van der Waals surface area contributed by atoms with Gasteiger partial charge in [-0.2, -0.15) is 13.1 Å². The van der Waals surface area contributed by atoms with Gasteiger partial charge in [0.2, 0.25) is 0 Å². The van der Waals surface area contributed by atoms with Gasteiger partial charge in [0.05, 0.1) is 5.69 Å². The summed E-state index contributed by atoms with van der Waals surface area (Å²) in [4.78, 5) is -0.134. The van der Waals surface area contributed by atoms with Crippen LogP contribution in [0.25, 0.3) is 0 Å². The lowest BCUT2D eigenvalue weighted by molar-refractivity contribution is 0.575. The zero-order chi connectivity index (χ0) is 13.9. The van der Waals surface area contributed by atoms with Crippen LogP contribution in [0.3, 0.4) is 0 Å². The summed E-state index contributed by atoms with van der Waals surface area (Å²) in [5.41, 5.74) is 5.51. The van der Waals surface area contributed by atoms with Crippen molar-refractivity contribution in [2.45, 2.75) is 19.9 Å². The van der Waals surface area contributed by atoms with Crippen LogP contribution in [0, 0.1) is 5.82 Å². The molecule has 0 amide bonds. The molecule has 0 aromatic heterocycles. The van der Waals surface area contributed by atoms with Gasteiger partial charge in [-0.1, -0.05) is 12.2 Å². The molecule has 0 atom stereocenters. The Bertz CT molecular complexity index is 558. The Morgan fingerprint density at radius 2 is 2.06 bits per heavy atom. The zero-order valence-electron chi connectivity index (χ0n) is 9.90. The van der Waals surface area contributed by atoms with Gasteiger partial charge in [-0.3, -0.25) is 4.72 Å². The normalized spacial score (nSPS) is 11.6. The zero-order valence-corrected chi connectivity index (χ0v) is 11.5. The summed E-state index contributed by atoms with van der Waals surface area (Å²) in [6.07, 6.45) is 0. The van der Waals surface area contributed by atoms with E-state index in [1.165, 1.54) is 12.1 Å². The third-order valence-corrected chi connectivity index (χ3v) is 3.38. The van der Waals surface area contributed by atoms with Crippen molar-refractivity contribution in [1.29, 1.82) is 0 Å². The smallest absolute Gasteiger partial charge is 0.299 e. The summed E-state index contributed by atoms with van der Waals surface area (Å²) < 4.78 is 41.1. The number of hydrogen-bond donors (Lipinski definition) is 3. The highest BCUT2D eigenvalue weighted by atomic mass is 32.2. The van der Waals surface area contributed by atoms with Crippen molar-refractivity contribution in [1.82, 2.24) is 4.72 Å². The summed E-state index contributed by atoms with van der Waals surface area (Å²) in [7, 11) is -3.70. The third kappa shape index (κ3) is 4.21. The van der Waals surface area contributed by atoms with Crippen molar-refractivity contribution in [3.8, 4) is 0 Å². The van der Waals surface area contributed by atoms with Crippen LogP contribution in [0.2, 0.25) is 0 Å². The molecule has 100 valence electrons. The highest BCUT2D eigenvalue weighted by Crippen LogP contribution is 2.15. The average molecular weight is 291 g/mol. The SMILES string of the molecule is CC(C)NS(=O)(=O)Nc1ccc(F)c(C(N)=S)c1.